The minimum atomic E-state index is 0.266. The largest absolute Gasteiger partial charge is 0.307 e. The zero-order chi connectivity index (χ0) is 9.47. The molecule has 1 aliphatic rings. The van der Waals surface area contributed by atoms with Gasteiger partial charge in [-0.2, -0.15) is 0 Å². The Morgan fingerprint density at radius 3 is 2.77 bits per heavy atom. The predicted octanol–water partition coefficient (Wildman–Crippen LogP) is 2.42. The molecule has 0 atom stereocenters. The van der Waals surface area contributed by atoms with Gasteiger partial charge in [0.25, 0.3) is 0 Å². The van der Waals surface area contributed by atoms with Crippen LogP contribution >= 0.6 is 0 Å². The highest BCUT2D eigenvalue weighted by Crippen LogP contribution is 2.23. The third-order valence-corrected chi connectivity index (χ3v) is 2.75. The van der Waals surface area contributed by atoms with Gasteiger partial charge in [-0.25, -0.2) is 0 Å². The maximum atomic E-state index is 3.54. The number of hydrogen-bond acceptors (Lipinski definition) is 1. The molecule has 0 saturated heterocycles. The van der Waals surface area contributed by atoms with Crippen LogP contribution in [0.2, 0.25) is 0 Å². The molecule has 1 aliphatic heterocycles. The number of rotatable bonds is 0. The topological polar surface area (TPSA) is 12.0 Å². The lowest BCUT2D eigenvalue weighted by Crippen LogP contribution is -2.44. The highest BCUT2D eigenvalue weighted by molar-refractivity contribution is 5.34. The van der Waals surface area contributed by atoms with Crippen molar-refractivity contribution >= 4 is 0 Å². The Hall–Kier alpha value is -0.820. The molecule has 0 aromatic heterocycles. The van der Waals surface area contributed by atoms with Crippen molar-refractivity contribution in [2.24, 2.45) is 0 Å². The predicted molar refractivity (Wildman–Crippen MR) is 55.8 cm³/mol. The van der Waals surface area contributed by atoms with Crippen LogP contribution in [0.5, 0.6) is 0 Å². The molecule has 0 bridgehead atoms. The minimum Gasteiger partial charge on any atom is -0.307 e. The van der Waals surface area contributed by atoms with Crippen molar-refractivity contribution in [1.82, 2.24) is 5.32 Å². The van der Waals surface area contributed by atoms with Gasteiger partial charge in [-0.05, 0) is 38.3 Å². The van der Waals surface area contributed by atoms with Crippen molar-refractivity contribution in [3.05, 3.63) is 34.9 Å². The third-order valence-electron chi connectivity index (χ3n) is 2.75. The molecule has 0 spiro atoms. The van der Waals surface area contributed by atoms with Gasteiger partial charge in [0.05, 0.1) is 0 Å². The second kappa shape index (κ2) is 2.85. The molecular weight excluding hydrogens is 158 g/mol. The van der Waals surface area contributed by atoms with E-state index in [0.717, 1.165) is 13.0 Å². The molecule has 0 saturated carbocycles. The van der Waals surface area contributed by atoms with Gasteiger partial charge >= 0.3 is 0 Å². The molecule has 0 fully saturated rings. The fourth-order valence-corrected chi connectivity index (χ4v) is 1.96. The summed E-state index contributed by atoms with van der Waals surface area (Å²) in [6, 6.07) is 6.77. The number of fused-ring (bicyclic) bond motifs is 1. The average Bonchev–Trinajstić information content (AvgIpc) is 2.05. The van der Waals surface area contributed by atoms with Crippen LogP contribution in [0.4, 0.5) is 0 Å². The van der Waals surface area contributed by atoms with E-state index < -0.39 is 0 Å². The second-order valence-electron chi connectivity index (χ2n) is 4.69. The number of hydrogen-bond donors (Lipinski definition) is 1. The van der Waals surface area contributed by atoms with E-state index in [0.29, 0.717) is 0 Å². The lowest BCUT2D eigenvalue weighted by molar-refractivity contribution is 0.362. The van der Waals surface area contributed by atoms with Crippen LogP contribution in [0, 0.1) is 6.92 Å². The van der Waals surface area contributed by atoms with Crippen LogP contribution in [-0.2, 0) is 13.0 Å². The molecule has 1 aromatic rings. The van der Waals surface area contributed by atoms with Gasteiger partial charge in [0.15, 0.2) is 0 Å². The molecule has 1 N–H and O–H groups in total. The summed E-state index contributed by atoms with van der Waals surface area (Å²) in [7, 11) is 0. The second-order valence-corrected chi connectivity index (χ2v) is 4.69. The zero-order valence-corrected chi connectivity index (χ0v) is 8.65. The molecule has 1 heterocycles. The Morgan fingerprint density at radius 1 is 1.23 bits per heavy atom. The Morgan fingerprint density at radius 2 is 2.00 bits per heavy atom. The fourth-order valence-electron chi connectivity index (χ4n) is 1.96. The van der Waals surface area contributed by atoms with E-state index in [1.165, 1.54) is 16.7 Å². The van der Waals surface area contributed by atoms with E-state index in [2.05, 4.69) is 44.3 Å². The molecule has 0 aliphatic carbocycles. The lowest BCUT2D eigenvalue weighted by Gasteiger charge is -2.33. The smallest absolute Gasteiger partial charge is 0.0213 e. The standard InChI is InChI=1S/C12H17N/c1-9-4-5-10-7-12(2,3)13-8-11(10)6-9/h4-6,13H,7-8H2,1-3H3. The maximum absolute atomic E-state index is 3.54. The SMILES string of the molecule is Cc1ccc2c(c1)CNC(C)(C)C2. The van der Waals surface area contributed by atoms with E-state index in [4.69, 9.17) is 0 Å². The molecule has 70 valence electrons. The van der Waals surface area contributed by atoms with Crippen molar-refractivity contribution in [2.75, 3.05) is 0 Å². The molecule has 0 radical (unpaired) electrons. The summed E-state index contributed by atoms with van der Waals surface area (Å²) >= 11 is 0. The van der Waals surface area contributed by atoms with Crippen LogP contribution in [0.1, 0.15) is 30.5 Å². The quantitative estimate of drug-likeness (QED) is 0.638. The van der Waals surface area contributed by atoms with Gasteiger partial charge in [-0.15, -0.1) is 0 Å². The van der Waals surface area contributed by atoms with E-state index >= 15 is 0 Å². The zero-order valence-electron chi connectivity index (χ0n) is 8.65. The maximum Gasteiger partial charge on any atom is 0.0213 e. The molecular formula is C12H17N. The normalized spacial score (nSPS) is 19.6. The van der Waals surface area contributed by atoms with Crippen molar-refractivity contribution in [2.45, 2.75) is 39.3 Å². The fraction of sp³-hybridized carbons (Fsp3) is 0.500. The molecule has 0 amide bonds. The average molecular weight is 175 g/mol. The van der Waals surface area contributed by atoms with E-state index in [1.54, 1.807) is 0 Å². The monoisotopic (exact) mass is 175 g/mol. The van der Waals surface area contributed by atoms with Gasteiger partial charge in [0.2, 0.25) is 0 Å². The Balaban J connectivity index is 2.37. The lowest BCUT2D eigenvalue weighted by atomic mass is 9.87. The summed E-state index contributed by atoms with van der Waals surface area (Å²) in [5.74, 6) is 0. The van der Waals surface area contributed by atoms with E-state index in [-0.39, 0.29) is 5.54 Å². The van der Waals surface area contributed by atoms with Gasteiger partial charge < -0.3 is 5.32 Å². The first kappa shape index (κ1) is 8.76. The molecule has 2 rings (SSSR count). The third kappa shape index (κ3) is 1.75. The molecule has 0 unspecified atom stereocenters. The van der Waals surface area contributed by atoms with Gasteiger partial charge in [0.1, 0.15) is 0 Å². The number of aryl methyl sites for hydroxylation is 1. The van der Waals surface area contributed by atoms with Crippen molar-refractivity contribution in [3.8, 4) is 0 Å². The van der Waals surface area contributed by atoms with Gasteiger partial charge in [0, 0.05) is 12.1 Å². The van der Waals surface area contributed by atoms with Gasteiger partial charge in [-0.3, -0.25) is 0 Å². The van der Waals surface area contributed by atoms with Gasteiger partial charge in [-0.1, -0.05) is 23.8 Å². The van der Waals surface area contributed by atoms with E-state index in [9.17, 15) is 0 Å². The van der Waals surface area contributed by atoms with Crippen LogP contribution in [-0.4, -0.2) is 5.54 Å². The van der Waals surface area contributed by atoms with Crippen LogP contribution < -0.4 is 5.32 Å². The first-order valence-corrected chi connectivity index (χ1v) is 4.90. The minimum absolute atomic E-state index is 0.266. The van der Waals surface area contributed by atoms with Crippen LogP contribution in [0.3, 0.4) is 0 Å². The first-order chi connectivity index (χ1) is 6.07. The Bertz CT molecular complexity index is 326. The summed E-state index contributed by atoms with van der Waals surface area (Å²) < 4.78 is 0. The van der Waals surface area contributed by atoms with Crippen molar-refractivity contribution < 1.29 is 0 Å². The van der Waals surface area contributed by atoms with Crippen LogP contribution in [0.15, 0.2) is 18.2 Å². The number of nitrogens with one attached hydrogen (secondary N) is 1. The van der Waals surface area contributed by atoms with Crippen molar-refractivity contribution in [1.29, 1.82) is 0 Å². The summed E-state index contributed by atoms with van der Waals surface area (Å²) in [6.07, 6.45) is 1.14. The summed E-state index contributed by atoms with van der Waals surface area (Å²) in [5, 5.41) is 3.54. The van der Waals surface area contributed by atoms with E-state index in [1.807, 2.05) is 0 Å². The molecule has 13 heavy (non-hydrogen) atoms. The number of benzene rings is 1. The highest BCUT2D eigenvalue weighted by atomic mass is 15.0. The summed E-state index contributed by atoms with van der Waals surface area (Å²) in [4.78, 5) is 0. The molecule has 1 nitrogen and oxygen atoms in total. The summed E-state index contributed by atoms with van der Waals surface area (Å²) in [6.45, 7) is 7.69. The van der Waals surface area contributed by atoms with Crippen LogP contribution in [0.25, 0.3) is 0 Å². The molecule has 1 heteroatoms. The van der Waals surface area contributed by atoms with Crippen molar-refractivity contribution in [3.63, 3.8) is 0 Å². The molecule has 1 aromatic carbocycles. The summed E-state index contributed by atoms with van der Waals surface area (Å²) in [5.41, 5.74) is 4.61. The highest BCUT2D eigenvalue weighted by Gasteiger charge is 2.23. The Labute approximate surface area is 80.2 Å². The first-order valence-electron chi connectivity index (χ1n) is 4.90. The Kier molecular flexibility index (Phi) is 1.92.